The Morgan fingerprint density at radius 1 is 1.39 bits per heavy atom. The summed E-state index contributed by atoms with van der Waals surface area (Å²) in [5.41, 5.74) is 2.46. The van der Waals surface area contributed by atoms with Gasteiger partial charge in [0, 0.05) is 13.1 Å². The lowest BCUT2D eigenvalue weighted by Crippen LogP contribution is -2.24. The lowest BCUT2D eigenvalue weighted by molar-refractivity contribution is 0.309. The van der Waals surface area contributed by atoms with Crippen LogP contribution in [0.25, 0.3) is 0 Å². The Morgan fingerprint density at radius 3 is 2.67 bits per heavy atom. The van der Waals surface area contributed by atoms with E-state index in [0.717, 1.165) is 38.3 Å². The van der Waals surface area contributed by atoms with Gasteiger partial charge < -0.3 is 10.2 Å². The largest absolute Gasteiger partial charge is 0.320 e. The van der Waals surface area contributed by atoms with Gasteiger partial charge in [0.05, 0.1) is 15.9 Å². The van der Waals surface area contributed by atoms with Crippen molar-refractivity contribution in [2.24, 2.45) is 0 Å². The van der Waals surface area contributed by atoms with Crippen molar-refractivity contribution in [1.82, 2.24) is 20.0 Å². The Morgan fingerprint density at radius 2 is 2.11 bits per heavy atom. The molecule has 0 atom stereocenters. The van der Waals surface area contributed by atoms with Crippen LogP contribution in [0.15, 0.2) is 4.47 Å². The maximum Gasteiger partial charge on any atom is 0.0767 e. The van der Waals surface area contributed by atoms with Gasteiger partial charge in [0.25, 0.3) is 0 Å². The van der Waals surface area contributed by atoms with E-state index in [-0.39, 0.29) is 0 Å². The fraction of sp³-hybridized carbons (Fsp3) is 0.769. The van der Waals surface area contributed by atoms with E-state index in [9.17, 15) is 0 Å². The van der Waals surface area contributed by atoms with Gasteiger partial charge in [-0.1, -0.05) is 6.92 Å². The van der Waals surface area contributed by atoms with Crippen molar-refractivity contribution in [3.8, 4) is 0 Å². The number of rotatable bonds is 8. The van der Waals surface area contributed by atoms with Crippen LogP contribution >= 0.6 is 15.9 Å². The standard InChI is InChI=1S/C13H25BrN4/c1-5-11-13(14)12(18(6-2)16-11)10-17(4)9-7-8-15-3/h15H,5-10H2,1-4H3. The predicted molar refractivity (Wildman–Crippen MR) is 79.9 cm³/mol. The van der Waals surface area contributed by atoms with Crippen molar-refractivity contribution < 1.29 is 0 Å². The Labute approximate surface area is 119 Å². The molecule has 0 saturated carbocycles. The third-order valence-electron chi connectivity index (χ3n) is 3.08. The van der Waals surface area contributed by atoms with Gasteiger partial charge in [0.2, 0.25) is 0 Å². The second-order valence-electron chi connectivity index (χ2n) is 4.57. The average molecular weight is 317 g/mol. The minimum atomic E-state index is 0.929. The summed E-state index contributed by atoms with van der Waals surface area (Å²) in [6.45, 7) is 8.34. The van der Waals surface area contributed by atoms with Crippen molar-refractivity contribution in [3.05, 3.63) is 15.9 Å². The van der Waals surface area contributed by atoms with E-state index in [1.54, 1.807) is 0 Å². The van der Waals surface area contributed by atoms with Crippen molar-refractivity contribution in [2.45, 2.75) is 39.8 Å². The highest BCUT2D eigenvalue weighted by atomic mass is 79.9. The molecule has 0 saturated heterocycles. The molecule has 0 bridgehead atoms. The average Bonchev–Trinajstić information content (AvgIpc) is 2.66. The summed E-state index contributed by atoms with van der Waals surface area (Å²) < 4.78 is 3.30. The molecule has 0 aliphatic rings. The van der Waals surface area contributed by atoms with Gasteiger partial charge in [-0.2, -0.15) is 5.10 Å². The van der Waals surface area contributed by atoms with Crippen LogP contribution in [0.5, 0.6) is 0 Å². The molecule has 0 aliphatic heterocycles. The van der Waals surface area contributed by atoms with E-state index in [1.165, 1.54) is 16.6 Å². The van der Waals surface area contributed by atoms with E-state index in [0.29, 0.717) is 0 Å². The molecule has 0 unspecified atom stereocenters. The van der Waals surface area contributed by atoms with Crippen LogP contribution in [0, 0.1) is 0 Å². The normalized spacial score (nSPS) is 11.4. The van der Waals surface area contributed by atoms with Gasteiger partial charge >= 0.3 is 0 Å². The Hall–Kier alpha value is -0.390. The first-order valence-electron chi connectivity index (χ1n) is 6.71. The van der Waals surface area contributed by atoms with Crippen molar-refractivity contribution in [3.63, 3.8) is 0 Å². The van der Waals surface area contributed by atoms with Crippen LogP contribution < -0.4 is 5.32 Å². The quantitative estimate of drug-likeness (QED) is 0.747. The highest BCUT2D eigenvalue weighted by Crippen LogP contribution is 2.23. The zero-order valence-electron chi connectivity index (χ0n) is 12.0. The molecule has 1 N–H and O–H groups in total. The maximum atomic E-state index is 4.63. The molecule has 18 heavy (non-hydrogen) atoms. The lowest BCUT2D eigenvalue weighted by Gasteiger charge is -2.17. The summed E-state index contributed by atoms with van der Waals surface area (Å²) in [5, 5.41) is 7.81. The van der Waals surface area contributed by atoms with Gasteiger partial charge in [-0.3, -0.25) is 4.68 Å². The Kier molecular flexibility index (Phi) is 6.89. The molecule has 0 radical (unpaired) electrons. The van der Waals surface area contributed by atoms with Crippen molar-refractivity contribution in [1.29, 1.82) is 0 Å². The van der Waals surface area contributed by atoms with Gasteiger partial charge in [-0.15, -0.1) is 0 Å². The van der Waals surface area contributed by atoms with Gasteiger partial charge in [0.15, 0.2) is 0 Å². The first kappa shape index (κ1) is 15.7. The summed E-state index contributed by atoms with van der Waals surface area (Å²) in [7, 11) is 4.16. The topological polar surface area (TPSA) is 33.1 Å². The first-order chi connectivity index (χ1) is 8.63. The van der Waals surface area contributed by atoms with E-state index < -0.39 is 0 Å². The molecule has 5 heteroatoms. The van der Waals surface area contributed by atoms with Crippen molar-refractivity contribution >= 4 is 15.9 Å². The van der Waals surface area contributed by atoms with E-state index in [1.807, 2.05) is 7.05 Å². The fourth-order valence-corrected chi connectivity index (χ4v) is 2.72. The zero-order chi connectivity index (χ0) is 13.5. The molecule has 0 spiro atoms. The molecule has 1 aromatic rings. The molecule has 0 amide bonds. The number of nitrogens with zero attached hydrogens (tertiary/aromatic N) is 3. The maximum absolute atomic E-state index is 4.63. The molecule has 1 rings (SSSR count). The highest BCUT2D eigenvalue weighted by Gasteiger charge is 2.15. The summed E-state index contributed by atoms with van der Waals surface area (Å²) in [6.07, 6.45) is 2.15. The number of nitrogens with one attached hydrogen (secondary N) is 1. The first-order valence-corrected chi connectivity index (χ1v) is 7.50. The van der Waals surface area contributed by atoms with Crippen LogP contribution in [-0.2, 0) is 19.5 Å². The van der Waals surface area contributed by atoms with Crippen LogP contribution in [-0.4, -0.2) is 41.9 Å². The number of halogens is 1. The molecule has 0 fully saturated rings. The third kappa shape index (κ3) is 4.07. The molecule has 0 aliphatic carbocycles. The summed E-state index contributed by atoms with van der Waals surface area (Å²) in [6, 6.07) is 0. The summed E-state index contributed by atoms with van der Waals surface area (Å²) in [4.78, 5) is 2.35. The van der Waals surface area contributed by atoms with Crippen molar-refractivity contribution in [2.75, 3.05) is 27.2 Å². The molecule has 0 aromatic carbocycles. The van der Waals surface area contributed by atoms with Gasteiger partial charge in [0.1, 0.15) is 0 Å². The Balaban J connectivity index is 2.67. The zero-order valence-corrected chi connectivity index (χ0v) is 13.5. The number of hydrogen-bond acceptors (Lipinski definition) is 3. The Bertz CT molecular complexity index is 362. The number of aryl methyl sites for hydroxylation is 2. The fourth-order valence-electron chi connectivity index (χ4n) is 2.03. The van der Waals surface area contributed by atoms with Crippen LogP contribution in [0.3, 0.4) is 0 Å². The summed E-state index contributed by atoms with van der Waals surface area (Å²) >= 11 is 3.69. The molecule has 1 heterocycles. The van der Waals surface area contributed by atoms with Gasteiger partial charge in [-0.25, -0.2) is 0 Å². The number of hydrogen-bond donors (Lipinski definition) is 1. The lowest BCUT2D eigenvalue weighted by atomic mass is 10.3. The monoisotopic (exact) mass is 316 g/mol. The third-order valence-corrected chi connectivity index (χ3v) is 4.00. The minimum absolute atomic E-state index is 0.929. The molecular formula is C13H25BrN4. The molecule has 4 nitrogen and oxygen atoms in total. The second kappa shape index (κ2) is 7.92. The smallest absolute Gasteiger partial charge is 0.0767 e. The van der Waals surface area contributed by atoms with E-state index in [4.69, 9.17) is 0 Å². The number of aromatic nitrogens is 2. The van der Waals surface area contributed by atoms with Crippen LogP contribution in [0.1, 0.15) is 31.7 Å². The van der Waals surface area contributed by atoms with E-state index >= 15 is 0 Å². The summed E-state index contributed by atoms with van der Waals surface area (Å²) in [5.74, 6) is 0. The molecular weight excluding hydrogens is 292 g/mol. The highest BCUT2D eigenvalue weighted by molar-refractivity contribution is 9.10. The molecule has 1 aromatic heterocycles. The SMILES string of the molecule is CCc1nn(CC)c(CN(C)CCCNC)c1Br. The van der Waals surface area contributed by atoms with Crippen LogP contribution in [0.2, 0.25) is 0 Å². The predicted octanol–water partition coefficient (Wildman–Crippen LogP) is 2.27. The van der Waals surface area contributed by atoms with Crippen LogP contribution in [0.4, 0.5) is 0 Å². The second-order valence-corrected chi connectivity index (χ2v) is 5.36. The minimum Gasteiger partial charge on any atom is -0.320 e. The van der Waals surface area contributed by atoms with E-state index in [2.05, 4.69) is 56.8 Å². The van der Waals surface area contributed by atoms with Gasteiger partial charge in [-0.05, 0) is 62.9 Å². The molecule has 104 valence electrons.